The molecule has 1 fully saturated rings. The summed E-state index contributed by atoms with van der Waals surface area (Å²) in [7, 11) is 0. The van der Waals surface area contributed by atoms with Gasteiger partial charge in [-0.25, -0.2) is 0 Å². The van der Waals surface area contributed by atoms with E-state index in [1.54, 1.807) is 0 Å². The van der Waals surface area contributed by atoms with Crippen molar-refractivity contribution in [2.75, 3.05) is 0 Å². The van der Waals surface area contributed by atoms with Crippen LogP contribution in [-0.2, 0) is 0 Å². The molecule has 1 amide bonds. The number of nitro benzene ring substituents is 1. The van der Waals surface area contributed by atoms with Gasteiger partial charge < -0.3 is 5.32 Å². The van der Waals surface area contributed by atoms with E-state index < -0.39 is 4.92 Å². The molecule has 2 rings (SSSR count). The Labute approximate surface area is 122 Å². The fraction of sp³-hybridized carbons (Fsp3) is 0.500. The zero-order valence-electron chi connectivity index (χ0n) is 11.3. The van der Waals surface area contributed by atoms with Crippen LogP contribution in [0.4, 0.5) is 5.69 Å². The van der Waals surface area contributed by atoms with Crippen LogP contribution in [0, 0.1) is 16.0 Å². The topological polar surface area (TPSA) is 72.2 Å². The van der Waals surface area contributed by atoms with Crippen molar-refractivity contribution in [3.8, 4) is 0 Å². The SMILES string of the molecule is CC(NC(=O)c1ccc(Cl)c([N+](=O)[O-])c1)C1CCCC1. The zero-order chi connectivity index (χ0) is 14.7. The number of rotatable bonds is 4. The molecule has 1 N–H and O–H groups in total. The molecule has 20 heavy (non-hydrogen) atoms. The molecule has 108 valence electrons. The molecule has 0 spiro atoms. The predicted molar refractivity (Wildman–Crippen MR) is 77.0 cm³/mol. The maximum absolute atomic E-state index is 12.1. The molecule has 0 bridgehead atoms. The van der Waals surface area contributed by atoms with Crippen molar-refractivity contribution in [1.29, 1.82) is 0 Å². The second-order valence-corrected chi connectivity index (χ2v) is 5.64. The minimum absolute atomic E-state index is 0.0374. The Hall–Kier alpha value is -1.62. The molecule has 0 aromatic heterocycles. The zero-order valence-corrected chi connectivity index (χ0v) is 12.0. The van der Waals surface area contributed by atoms with Crippen LogP contribution in [0.1, 0.15) is 43.0 Å². The van der Waals surface area contributed by atoms with Crippen molar-refractivity contribution >= 4 is 23.2 Å². The third-order valence-corrected chi connectivity index (χ3v) is 4.19. The van der Waals surface area contributed by atoms with Crippen molar-refractivity contribution in [1.82, 2.24) is 5.32 Å². The summed E-state index contributed by atoms with van der Waals surface area (Å²) in [5.41, 5.74) is 0.0267. The molecule has 1 unspecified atom stereocenters. The molecule has 5 nitrogen and oxygen atoms in total. The molecule has 1 aromatic carbocycles. The summed E-state index contributed by atoms with van der Waals surface area (Å²) in [6, 6.07) is 4.19. The number of halogens is 1. The summed E-state index contributed by atoms with van der Waals surface area (Å²) in [4.78, 5) is 22.4. The molecular formula is C14H17ClN2O3. The standard InChI is InChI=1S/C14H17ClN2O3/c1-9(10-4-2-3-5-10)16-14(18)11-6-7-12(15)13(8-11)17(19)20/h6-10H,2-5H2,1H3,(H,16,18). The fourth-order valence-corrected chi connectivity index (χ4v) is 2.85. The largest absolute Gasteiger partial charge is 0.349 e. The molecule has 0 saturated heterocycles. The molecular weight excluding hydrogens is 280 g/mol. The van der Waals surface area contributed by atoms with E-state index in [0.717, 1.165) is 12.8 Å². The number of hydrogen-bond acceptors (Lipinski definition) is 3. The van der Waals surface area contributed by atoms with Crippen LogP contribution in [0.25, 0.3) is 0 Å². The summed E-state index contributed by atoms with van der Waals surface area (Å²) in [6.45, 7) is 1.98. The average Bonchev–Trinajstić information content (AvgIpc) is 2.92. The van der Waals surface area contributed by atoms with Gasteiger partial charge in [-0.3, -0.25) is 14.9 Å². The Morgan fingerprint density at radius 1 is 1.45 bits per heavy atom. The normalized spacial score (nSPS) is 16.9. The number of nitrogens with zero attached hydrogens (tertiary/aromatic N) is 1. The molecule has 0 radical (unpaired) electrons. The average molecular weight is 297 g/mol. The first-order chi connectivity index (χ1) is 9.49. The highest BCUT2D eigenvalue weighted by atomic mass is 35.5. The van der Waals surface area contributed by atoms with E-state index >= 15 is 0 Å². The lowest BCUT2D eigenvalue weighted by molar-refractivity contribution is -0.384. The van der Waals surface area contributed by atoms with Gasteiger partial charge in [0.05, 0.1) is 4.92 Å². The third kappa shape index (κ3) is 3.28. The molecule has 1 aromatic rings. The second kappa shape index (κ2) is 6.22. The van der Waals surface area contributed by atoms with Crippen molar-refractivity contribution in [2.24, 2.45) is 5.92 Å². The molecule has 1 aliphatic rings. The quantitative estimate of drug-likeness (QED) is 0.682. The van der Waals surface area contributed by atoms with Crippen molar-refractivity contribution in [3.05, 3.63) is 38.9 Å². The number of carbonyl (C=O) groups is 1. The van der Waals surface area contributed by atoms with Crippen LogP contribution in [0.15, 0.2) is 18.2 Å². The lowest BCUT2D eigenvalue weighted by atomic mass is 9.99. The summed E-state index contributed by atoms with van der Waals surface area (Å²) < 4.78 is 0. The Morgan fingerprint density at radius 2 is 2.10 bits per heavy atom. The van der Waals surface area contributed by atoms with Gasteiger partial charge in [-0.2, -0.15) is 0 Å². The van der Waals surface area contributed by atoms with E-state index in [0.29, 0.717) is 5.92 Å². The maximum atomic E-state index is 12.1. The Kier molecular flexibility index (Phi) is 4.60. The summed E-state index contributed by atoms with van der Waals surface area (Å²) in [6.07, 6.45) is 4.67. The number of nitro groups is 1. The highest BCUT2D eigenvalue weighted by Crippen LogP contribution is 2.28. The van der Waals surface area contributed by atoms with E-state index in [9.17, 15) is 14.9 Å². The smallest absolute Gasteiger partial charge is 0.288 e. The van der Waals surface area contributed by atoms with Gasteiger partial charge in [-0.1, -0.05) is 24.4 Å². The number of amides is 1. The molecule has 6 heteroatoms. The van der Waals surface area contributed by atoms with Crippen LogP contribution in [0.2, 0.25) is 5.02 Å². The van der Waals surface area contributed by atoms with Gasteiger partial charge in [-0.15, -0.1) is 0 Å². The van der Waals surface area contributed by atoms with Gasteiger partial charge in [0, 0.05) is 17.7 Å². The van der Waals surface area contributed by atoms with Crippen molar-refractivity contribution < 1.29 is 9.72 Å². The van der Waals surface area contributed by atoms with Crippen molar-refractivity contribution in [2.45, 2.75) is 38.6 Å². The first kappa shape index (κ1) is 14.8. The molecule has 1 aliphatic carbocycles. The van der Waals surface area contributed by atoms with E-state index in [-0.39, 0.29) is 28.2 Å². The number of nitrogens with one attached hydrogen (secondary N) is 1. The van der Waals surface area contributed by atoms with Gasteiger partial charge >= 0.3 is 0 Å². The maximum Gasteiger partial charge on any atom is 0.288 e. The second-order valence-electron chi connectivity index (χ2n) is 5.23. The fourth-order valence-electron chi connectivity index (χ4n) is 2.66. The Balaban J connectivity index is 2.08. The van der Waals surface area contributed by atoms with Crippen LogP contribution >= 0.6 is 11.6 Å². The third-order valence-electron chi connectivity index (χ3n) is 3.87. The minimum atomic E-state index is -0.584. The molecule has 0 heterocycles. The monoisotopic (exact) mass is 296 g/mol. The van der Waals surface area contributed by atoms with Gasteiger partial charge in [0.2, 0.25) is 0 Å². The molecule has 0 aliphatic heterocycles. The predicted octanol–water partition coefficient (Wildman–Crippen LogP) is 3.56. The Morgan fingerprint density at radius 3 is 2.70 bits per heavy atom. The van der Waals surface area contributed by atoms with Gasteiger partial charge in [0.25, 0.3) is 11.6 Å². The van der Waals surface area contributed by atoms with Gasteiger partial charge in [-0.05, 0) is 37.8 Å². The molecule has 1 saturated carbocycles. The van der Waals surface area contributed by atoms with E-state index in [4.69, 9.17) is 11.6 Å². The number of hydrogen-bond donors (Lipinski definition) is 1. The number of benzene rings is 1. The summed E-state index contributed by atoms with van der Waals surface area (Å²) in [5.74, 6) is 0.213. The lowest BCUT2D eigenvalue weighted by Crippen LogP contribution is -2.37. The van der Waals surface area contributed by atoms with Gasteiger partial charge in [0.15, 0.2) is 0 Å². The Bertz CT molecular complexity index is 527. The van der Waals surface area contributed by atoms with Crippen LogP contribution in [-0.4, -0.2) is 16.9 Å². The van der Waals surface area contributed by atoms with Crippen LogP contribution < -0.4 is 5.32 Å². The van der Waals surface area contributed by atoms with E-state index in [1.165, 1.54) is 31.0 Å². The minimum Gasteiger partial charge on any atom is -0.349 e. The summed E-state index contributed by atoms with van der Waals surface area (Å²) >= 11 is 5.73. The first-order valence-electron chi connectivity index (χ1n) is 6.74. The highest BCUT2D eigenvalue weighted by Gasteiger charge is 2.24. The van der Waals surface area contributed by atoms with Gasteiger partial charge in [0.1, 0.15) is 5.02 Å². The van der Waals surface area contributed by atoms with Crippen LogP contribution in [0.3, 0.4) is 0 Å². The van der Waals surface area contributed by atoms with Crippen molar-refractivity contribution in [3.63, 3.8) is 0 Å². The summed E-state index contributed by atoms with van der Waals surface area (Å²) in [5, 5.41) is 13.8. The highest BCUT2D eigenvalue weighted by molar-refractivity contribution is 6.32. The first-order valence-corrected chi connectivity index (χ1v) is 7.11. The number of carbonyl (C=O) groups excluding carboxylic acids is 1. The van der Waals surface area contributed by atoms with Crippen LogP contribution in [0.5, 0.6) is 0 Å². The van der Waals surface area contributed by atoms with E-state index in [1.807, 2.05) is 6.92 Å². The lowest BCUT2D eigenvalue weighted by Gasteiger charge is -2.20. The molecule has 1 atom stereocenters. The van der Waals surface area contributed by atoms with E-state index in [2.05, 4.69) is 5.32 Å².